The largest absolute Gasteiger partial charge is 0.307 e. The summed E-state index contributed by atoms with van der Waals surface area (Å²) in [4.78, 5) is 16.8. The van der Waals surface area contributed by atoms with Crippen LogP contribution < -0.4 is 4.90 Å². The summed E-state index contributed by atoms with van der Waals surface area (Å²) in [6.45, 7) is 3.30. The molecule has 0 spiro atoms. The summed E-state index contributed by atoms with van der Waals surface area (Å²) < 4.78 is 1.95. The Hall–Kier alpha value is -2.63. The van der Waals surface area contributed by atoms with Gasteiger partial charge in [0.15, 0.2) is 0 Å². The van der Waals surface area contributed by atoms with Crippen LogP contribution in [0.15, 0.2) is 54.6 Å². The number of para-hydroxylation sites is 1. The maximum Gasteiger partial charge on any atom is 0.268 e. The highest BCUT2D eigenvalue weighted by Crippen LogP contribution is 2.34. The van der Waals surface area contributed by atoms with E-state index in [-0.39, 0.29) is 5.91 Å². The number of carbonyl (C=O) groups is 1. The van der Waals surface area contributed by atoms with E-state index in [2.05, 4.69) is 11.2 Å². The van der Waals surface area contributed by atoms with Gasteiger partial charge in [-0.2, -0.15) is 5.10 Å². The molecule has 4 nitrogen and oxygen atoms in total. The van der Waals surface area contributed by atoms with Gasteiger partial charge in [-0.25, -0.2) is 0 Å². The van der Waals surface area contributed by atoms with Crippen molar-refractivity contribution >= 4 is 44.7 Å². The summed E-state index contributed by atoms with van der Waals surface area (Å²) in [5.41, 5.74) is 4.21. The van der Waals surface area contributed by atoms with Crippen molar-refractivity contribution in [2.24, 2.45) is 0 Å². The van der Waals surface area contributed by atoms with Gasteiger partial charge in [-0.1, -0.05) is 48.0 Å². The zero-order valence-electron chi connectivity index (χ0n) is 15.4. The quantitative estimate of drug-likeness (QED) is 0.461. The molecule has 0 saturated heterocycles. The molecule has 0 atom stereocenters. The highest BCUT2D eigenvalue weighted by atomic mass is 35.5. The predicted octanol–water partition coefficient (Wildman–Crippen LogP) is 5.31. The molecule has 4 aromatic rings. The molecule has 0 bridgehead atoms. The zero-order valence-corrected chi connectivity index (χ0v) is 16.9. The number of halogens is 1. The number of thiophene rings is 1. The molecule has 0 saturated carbocycles. The molecular weight excluding hydrogens is 390 g/mol. The first kappa shape index (κ1) is 17.5. The number of hydrogen-bond acceptors (Lipinski definition) is 3. The van der Waals surface area contributed by atoms with Crippen LogP contribution in [0.1, 0.15) is 26.5 Å². The van der Waals surface area contributed by atoms with Crippen molar-refractivity contribution in [3.63, 3.8) is 0 Å². The van der Waals surface area contributed by atoms with Crippen LogP contribution >= 0.6 is 22.9 Å². The van der Waals surface area contributed by atoms with Crippen LogP contribution in [0.2, 0.25) is 5.02 Å². The summed E-state index contributed by atoms with van der Waals surface area (Å²) in [5.74, 6) is 0.0647. The van der Waals surface area contributed by atoms with Gasteiger partial charge in [0.1, 0.15) is 4.83 Å². The van der Waals surface area contributed by atoms with Gasteiger partial charge in [0.2, 0.25) is 0 Å². The molecule has 1 aliphatic heterocycles. The molecule has 1 aliphatic rings. The minimum Gasteiger partial charge on any atom is -0.307 e. The third kappa shape index (κ3) is 2.82. The van der Waals surface area contributed by atoms with E-state index in [1.165, 1.54) is 16.9 Å². The summed E-state index contributed by atoms with van der Waals surface area (Å²) in [7, 11) is 0. The molecule has 1 amide bonds. The van der Waals surface area contributed by atoms with Gasteiger partial charge in [-0.15, -0.1) is 11.3 Å². The first-order chi connectivity index (χ1) is 13.6. The Morgan fingerprint density at radius 1 is 1.18 bits per heavy atom. The van der Waals surface area contributed by atoms with Gasteiger partial charge in [-0.05, 0) is 42.7 Å². The molecule has 5 rings (SSSR count). The minimum absolute atomic E-state index is 0.0647. The highest BCUT2D eigenvalue weighted by Gasteiger charge is 2.27. The van der Waals surface area contributed by atoms with Gasteiger partial charge >= 0.3 is 0 Å². The Bertz CT molecular complexity index is 1210. The van der Waals surface area contributed by atoms with Gasteiger partial charge in [-0.3, -0.25) is 9.48 Å². The van der Waals surface area contributed by atoms with Crippen molar-refractivity contribution in [1.82, 2.24) is 9.78 Å². The predicted molar refractivity (Wildman–Crippen MR) is 115 cm³/mol. The Morgan fingerprint density at radius 2 is 1.96 bits per heavy atom. The smallest absolute Gasteiger partial charge is 0.268 e. The number of aromatic nitrogens is 2. The SMILES string of the molecule is Cc1nn(Cc2ccccc2Cl)c2sc(C(=O)N3CCc4ccccc43)cc12. The average molecular weight is 408 g/mol. The number of fused-ring (bicyclic) bond motifs is 2. The second-order valence-corrected chi connectivity index (χ2v) is 8.44. The number of nitrogens with zero attached hydrogens (tertiary/aromatic N) is 3. The molecular formula is C22H18ClN3OS. The fourth-order valence-electron chi connectivity index (χ4n) is 3.80. The molecule has 0 radical (unpaired) electrons. The molecule has 0 fully saturated rings. The molecule has 28 heavy (non-hydrogen) atoms. The van der Waals surface area contributed by atoms with E-state index in [1.54, 1.807) is 0 Å². The number of carbonyl (C=O) groups excluding carboxylic acids is 1. The van der Waals surface area contributed by atoms with Crippen LogP contribution in [0, 0.1) is 6.92 Å². The van der Waals surface area contributed by atoms with E-state index in [1.807, 2.05) is 65.0 Å². The topological polar surface area (TPSA) is 38.1 Å². The molecule has 3 heterocycles. The van der Waals surface area contributed by atoms with Gasteiger partial charge in [0.05, 0.1) is 17.1 Å². The van der Waals surface area contributed by atoms with Gasteiger partial charge in [0.25, 0.3) is 5.91 Å². The number of rotatable bonds is 3. The molecule has 2 aromatic carbocycles. The van der Waals surface area contributed by atoms with Crippen LogP contribution in [-0.4, -0.2) is 22.2 Å². The molecule has 0 N–H and O–H groups in total. The van der Waals surface area contributed by atoms with Crippen molar-refractivity contribution in [3.8, 4) is 0 Å². The number of amides is 1. The maximum atomic E-state index is 13.2. The third-order valence-corrected chi connectivity index (χ3v) is 6.73. The van der Waals surface area contributed by atoms with E-state index >= 15 is 0 Å². The van der Waals surface area contributed by atoms with Crippen LogP contribution in [0.3, 0.4) is 0 Å². The minimum atomic E-state index is 0.0647. The van der Waals surface area contributed by atoms with E-state index in [9.17, 15) is 4.79 Å². The number of hydrogen-bond donors (Lipinski definition) is 0. The molecule has 2 aromatic heterocycles. The van der Waals surface area contributed by atoms with Crippen molar-refractivity contribution < 1.29 is 4.79 Å². The number of aryl methyl sites for hydroxylation is 1. The second-order valence-electron chi connectivity index (χ2n) is 7.00. The summed E-state index contributed by atoms with van der Waals surface area (Å²) in [6.07, 6.45) is 0.909. The van der Waals surface area contributed by atoms with Gasteiger partial charge in [0, 0.05) is 22.6 Å². The summed E-state index contributed by atoms with van der Waals surface area (Å²) >= 11 is 7.83. The number of anilines is 1. The molecule has 0 unspecified atom stereocenters. The van der Waals surface area contributed by atoms with Crippen LogP contribution in [0.5, 0.6) is 0 Å². The maximum absolute atomic E-state index is 13.2. The highest BCUT2D eigenvalue weighted by molar-refractivity contribution is 7.20. The second kappa shape index (κ2) is 6.76. The fourth-order valence-corrected chi connectivity index (χ4v) is 5.10. The molecule has 0 aliphatic carbocycles. The van der Waals surface area contributed by atoms with Crippen LogP contribution in [0.25, 0.3) is 10.2 Å². The third-order valence-electron chi connectivity index (χ3n) is 5.23. The molecule has 140 valence electrons. The standard InChI is InChI=1S/C22H18ClN3OS/c1-14-17-12-20(21(27)25-11-10-15-6-3-5-9-19(15)25)28-22(17)26(24-14)13-16-7-2-4-8-18(16)23/h2-9,12H,10-11,13H2,1H3. The fraction of sp³-hybridized carbons (Fsp3) is 0.182. The lowest BCUT2D eigenvalue weighted by Crippen LogP contribution is -2.28. The summed E-state index contributed by atoms with van der Waals surface area (Å²) in [6, 6.07) is 17.9. The monoisotopic (exact) mass is 407 g/mol. The lowest BCUT2D eigenvalue weighted by molar-refractivity contribution is 0.0993. The number of benzene rings is 2. The average Bonchev–Trinajstić information content (AvgIpc) is 3.39. The Morgan fingerprint density at radius 3 is 2.82 bits per heavy atom. The van der Waals surface area contributed by atoms with Crippen molar-refractivity contribution in [2.45, 2.75) is 19.9 Å². The van der Waals surface area contributed by atoms with Crippen molar-refractivity contribution in [1.29, 1.82) is 0 Å². The van der Waals surface area contributed by atoms with E-state index < -0.39 is 0 Å². The first-order valence-electron chi connectivity index (χ1n) is 9.22. The van der Waals surface area contributed by atoms with Gasteiger partial charge < -0.3 is 4.90 Å². The molecule has 6 heteroatoms. The lowest BCUT2D eigenvalue weighted by atomic mass is 10.2. The van der Waals surface area contributed by atoms with Crippen molar-refractivity contribution in [2.75, 3.05) is 11.4 Å². The zero-order chi connectivity index (χ0) is 19.3. The first-order valence-corrected chi connectivity index (χ1v) is 10.4. The van der Waals surface area contributed by atoms with E-state index in [0.29, 0.717) is 6.54 Å². The Kier molecular flexibility index (Phi) is 4.22. The Balaban J connectivity index is 1.51. The Labute approximate surface area is 172 Å². The summed E-state index contributed by atoms with van der Waals surface area (Å²) in [5, 5.41) is 6.43. The van der Waals surface area contributed by atoms with E-state index in [0.717, 1.165) is 50.0 Å². The van der Waals surface area contributed by atoms with Crippen molar-refractivity contribution in [3.05, 3.63) is 81.3 Å². The van der Waals surface area contributed by atoms with E-state index in [4.69, 9.17) is 11.6 Å². The van der Waals surface area contributed by atoms with Crippen LogP contribution in [0.4, 0.5) is 5.69 Å². The lowest BCUT2D eigenvalue weighted by Gasteiger charge is -2.16. The van der Waals surface area contributed by atoms with Crippen LogP contribution in [-0.2, 0) is 13.0 Å². The normalized spacial score (nSPS) is 13.3.